The van der Waals surface area contributed by atoms with E-state index in [0.717, 1.165) is 13.0 Å². The van der Waals surface area contributed by atoms with Crippen LogP contribution in [-0.2, 0) is 6.42 Å². The van der Waals surface area contributed by atoms with E-state index in [1.165, 1.54) is 43.4 Å². The predicted octanol–water partition coefficient (Wildman–Crippen LogP) is 2.74. The monoisotopic (exact) mass is 246 g/mol. The Hall–Kier alpha value is -0.860. The van der Waals surface area contributed by atoms with Crippen LogP contribution >= 0.6 is 0 Å². The Bertz CT molecular complexity index is 388. The van der Waals surface area contributed by atoms with Gasteiger partial charge in [0.25, 0.3) is 0 Å². The van der Waals surface area contributed by atoms with Gasteiger partial charge in [0, 0.05) is 12.1 Å². The van der Waals surface area contributed by atoms with Crippen molar-refractivity contribution in [2.75, 3.05) is 20.1 Å². The number of rotatable bonds is 4. The molecular weight excluding hydrogens is 220 g/mol. The number of likely N-dealkylation sites (N-methyl/N-ethyl adjacent to an activating group) is 1. The topological polar surface area (TPSA) is 29.3 Å². The number of hydrogen-bond donors (Lipinski definition) is 1. The third-order valence-electron chi connectivity index (χ3n) is 4.54. The summed E-state index contributed by atoms with van der Waals surface area (Å²) in [5.74, 6) is 0. The molecule has 0 aromatic heterocycles. The average molecular weight is 246 g/mol. The molecule has 0 radical (unpaired) electrons. The first-order chi connectivity index (χ1) is 8.66. The van der Waals surface area contributed by atoms with Crippen LogP contribution in [0.2, 0.25) is 0 Å². The molecular formula is C16H26N2. The molecule has 2 heteroatoms. The normalized spacial score (nSPS) is 25.3. The number of nitrogens with two attached hydrogens (primary N) is 1. The van der Waals surface area contributed by atoms with E-state index >= 15 is 0 Å². The van der Waals surface area contributed by atoms with Gasteiger partial charge >= 0.3 is 0 Å². The molecule has 0 saturated carbocycles. The van der Waals surface area contributed by atoms with Crippen LogP contribution in [0.5, 0.6) is 0 Å². The van der Waals surface area contributed by atoms with Crippen molar-refractivity contribution < 1.29 is 0 Å². The summed E-state index contributed by atoms with van der Waals surface area (Å²) >= 11 is 0. The minimum absolute atomic E-state index is 0.238. The minimum atomic E-state index is 0.238. The Morgan fingerprint density at radius 2 is 2.17 bits per heavy atom. The van der Waals surface area contributed by atoms with E-state index in [9.17, 15) is 0 Å². The largest absolute Gasteiger partial charge is 0.329 e. The second-order valence-corrected chi connectivity index (χ2v) is 5.80. The second kappa shape index (κ2) is 5.85. The van der Waals surface area contributed by atoms with Crippen molar-refractivity contribution in [2.45, 2.75) is 44.6 Å². The van der Waals surface area contributed by atoms with Crippen molar-refractivity contribution in [2.24, 2.45) is 5.73 Å². The summed E-state index contributed by atoms with van der Waals surface area (Å²) < 4.78 is 0. The smallest absolute Gasteiger partial charge is 0.0331 e. The van der Waals surface area contributed by atoms with Crippen LogP contribution in [0, 0.1) is 6.92 Å². The summed E-state index contributed by atoms with van der Waals surface area (Å²) in [7, 11) is 2.24. The maximum Gasteiger partial charge on any atom is 0.0331 e. The quantitative estimate of drug-likeness (QED) is 0.885. The first-order valence-electron chi connectivity index (χ1n) is 7.13. The van der Waals surface area contributed by atoms with Crippen molar-refractivity contribution in [1.29, 1.82) is 0 Å². The molecule has 0 amide bonds. The number of likely N-dealkylation sites (tertiary alicyclic amines) is 1. The van der Waals surface area contributed by atoms with Crippen LogP contribution in [0.15, 0.2) is 24.3 Å². The van der Waals surface area contributed by atoms with E-state index in [4.69, 9.17) is 5.73 Å². The maximum atomic E-state index is 6.08. The number of benzene rings is 1. The standard InChI is InChI=1S/C16H26N2/c1-14-6-5-7-15(12-14)8-10-16(13-17)9-3-4-11-18(16)2/h5-7,12H,3-4,8-11,13,17H2,1-2H3. The van der Waals surface area contributed by atoms with Gasteiger partial charge in [0.05, 0.1) is 0 Å². The SMILES string of the molecule is Cc1cccc(CCC2(CN)CCCCN2C)c1. The van der Waals surface area contributed by atoms with Crippen LogP contribution in [0.4, 0.5) is 0 Å². The van der Waals surface area contributed by atoms with E-state index < -0.39 is 0 Å². The molecule has 18 heavy (non-hydrogen) atoms. The number of piperidine rings is 1. The highest BCUT2D eigenvalue weighted by Gasteiger charge is 2.34. The highest BCUT2D eigenvalue weighted by atomic mass is 15.2. The fourth-order valence-electron chi connectivity index (χ4n) is 3.15. The molecule has 0 bridgehead atoms. The first-order valence-corrected chi connectivity index (χ1v) is 7.13. The lowest BCUT2D eigenvalue weighted by Gasteiger charge is -2.45. The van der Waals surface area contributed by atoms with Crippen LogP contribution < -0.4 is 5.73 Å². The van der Waals surface area contributed by atoms with Gasteiger partial charge in [-0.1, -0.05) is 36.2 Å². The van der Waals surface area contributed by atoms with Crippen molar-refractivity contribution in [3.05, 3.63) is 35.4 Å². The molecule has 100 valence electrons. The summed E-state index contributed by atoms with van der Waals surface area (Å²) in [4.78, 5) is 2.49. The number of hydrogen-bond acceptors (Lipinski definition) is 2. The lowest BCUT2D eigenvalue weighted by molar-refractivity contribution is 0.0722. The molecule has 1 aromatic carbocycles. The lowest BCUT2D eigenvalue weighted by Crippen LogP contribution is -2.54. The summed E-state index contributed by atoms with van der Waals surface area (Å²) in [6.07, 6.45) is 6.23. The molecule has 1 unspecified atom stereocenters. The van der Waals surface area contributed by atoms with Gasteiger partial charge in [-0.2, -0.15) is 0 Å². The highest BCUT2D eigenvalue weighted by molar-refractivity contribution is 5.22. The van der Waals surface area contributed by atoms with Gasteiger partial charge in [0.15, 0.2) is 0 Å². The Morgan fingerprint density at radius 3 is 2.83 bits per heavy atom. The van der Waals surface area contributed by atoms with Crippen LogP contribution in [0.25, 0.3) is 0 Å². The van der Waals surface area contributed by atoms with Crippen molar-refractivity contribution in [1.82, 2.24) is 4.90 Å². The van der Waals surface area contributed by atoms with E-state index in [-0.39, 0.29) is 5.54 Å². The zero-order valence-electron chi connectivity index (χ0n) is 11.8. The van der Waals surface area contributed by atoms with Crippen molar-refractivity contribution >= 4 is 0 Å². The Labute approximate surface area is 111 Å². The highest BCUT2D eigenvalue weighted by Crippen LogP contribution is 2.30. The molecule has 2 nitrogen and oxygen atoms in total. The molecule has 2 rings (SSSR count). The zero-order chi connectivity index (χ0) is 13.0. The summed E-state index contributed by atoms with van der Waals surface area (Å²) in [5, 5.41) is 0. The van der Waals surface area contributed by atoms with E-state index in [0.29, 0.717) is 0 Å². The average Bonchev–Trinajstić information content (AvgIpc) is 2.38. The molecule has 2 N–H and O–H groups in total. The van der Waals surface area contributed by atoms with Gasteiger partial charge < -0.3 is 5.73 Å². The Kier molecular flexibility index (Phi) is 4.41. The number of aryl methyl sites for hydroxylation is 2. The zero-order valence-corrected chi connectivity index (χ0v) is 11.8. The molecule has 1 fully saturated rings. The third-order valence-corrected chi connectivity index (χ3v) is 4.54. The molecule has 1 aliphatic heterocycles. The third kappa shape index (κ3) is 2.93. The van der Waals surface area contributed by atoms with Crippen LogP contribution in [0.1, 0.15) is 36.8 Å². The molecule has 0 spiro atoms. The minimum Gasteiger partial charge on any atom is -0.329 e. The van der Waals surface area contributed by atoms with Crippen molar-refractivity contribution in [3.63, 3.8) is 0 Å². The molecule has 1 atom stereocenters. The molecule has 1 aromatic rings. The summed E-state index contributed by atoms with van der Waals surface area (Å²) in [5.41, 5.74) is 9.12. The molecule has 1 aliphatic rings. The first kappa shape index (κ1) is 13.6. The van der Waals surface area contributed by atoms with Gasteiger partial charge in [-0.15, -0.1) is 0 Å². The van der Waals surface area contributed by atoms with Crippen LogP contribution in [-0.4, -0.2) is 30.6 Å². The van der Waals surface area contributed by atoms with Gasteiger partial charge in [0.1, 0.15) is 0 Å². The maximum absolute atomic E-state index is 6.08. The number of nitrogens with zero attached hydrogens (tertiary/aromatic N) is 1. The Morgan fingerprint density at radius 1 is 1.33 bits per heavy atom. The fraction of sp³-hybridized carbons (Fsp3) is 0.625. The predicted molar refractivity (Wildman–Crippen MR) is 77.8 cm³/mol. The summed E-state index contributed by atoms with van der Waals surface area (Å²) in [6.45, 7) is 4.15. The van der Waals surface area contributed by atoms with E-state index in [1.807, 2.05) is 0 Å². The fourth-order valence-corrected chi connectivity index (χ4v) is 3.15. The van der Waals surface area contributed by atoms with Gasteiger partial charge in [-0.3, -0.25) is 4.90 Å². The van der Waals surface area contributed by atoms with Gasteiger partial charge in [-0.25, -0.2) is 0 Å². The van der Waals surface area contributed by atoms with Gasteiger partial charge in [-0.05, 0) is 51.8 Å². The van der Waals surface area contributed by atoms with Crippen LogP contribution in [0.3, 0.4) is 0 Å². The van der Waals surface area contributed by atoms with Crippen molar-refractivity contribution in [3.8, 4) is 0 Å². The lowest BCUT2D eigenvalue weighted by atomic mass is 9.82. The summed E-state index contributed by atoms with van der Waals surface area (Å²) in [6, 6.07) is 8.85. The molecule has 0 aliphatic carbocycles. The Balaban J connectivity index is 2.02. The second-order valence-electron chi connectivity index (χ2n) is 5.80. The molecule has 1 heterocycles. The molecule has 1 saturated heterocycles. The van der Waals surface area contributed by atoms with Gasteiger partial charge in [0.2, 0.25) is 0 Å². The van der Waals surface area contributed by atoms with E-state index in [2.05, 4.69) is 43.1 Å². The van der Waals surface area contributed by atoms with E-state index in [1.54, 1.807) is 0 Å².